The molecule has 0 N–H and O–H groups in total. The maximum Gasteiger partial charge on any atom is 0.270 e. The molecule has 0 radical (unpaired) electrons. The number of para-hydroxylation sites is 2. The Kier molecular flexibility index (Phi) is 7.45. The number of carbonyl (C=O) groups is 1. The highest BCUT2D eigenvalue weighted by Gasteiger charge is 2.16. The number of aryl methyl sites for hydroxylation is 1. The summed E-state index contributed by atoms with van der Waals surface area (Å²) in [6.45, 7) is 4.02. The van der Waals surface area contributed by atoms with Crippen LogP contribution < -0.4 is 48.2 Å². The molecule has 0 spiro atoms. The van der Waals surface area contributed by atoms with Crippen LogP contribution in [0.25, 0.3) is 22.5 Å². The lowest BCUT2D eigenvalue weighted by Crippen LogP contribution is -3.00. The van der Waals surface area contributed by atoms with E-state index in [1.807, 2.05) is 56.4 Å². The van der Waals surface area contributed by atoms with E-state index in [4.69, 9.17) is 0 Å². The van der Waals surface area contributed by atoms with Gasteiger partial charge in [0, 0.05) is 31.4 Å². The smallest absolute Gasteiger partial charge is 0.270 e. The Hall–Kier alpha value is -2.30. The first-order valence-electron chi connectivity index (χ1n) is 9.65. The number of nitrogens with zero attached hydrogens (tertiary/aromatic N) is 3. The van der Waals surface area contributed by atoms with Crippen LogP contribution in [0.1, 0.15) is 18.9 Å². The molecule has 0 aliphatic carbocycles. The average molecular weight is 563 g/mol. The molecule has 0 saturated heterocycles. The molecular formula is C23H22IN3O2S2. The summed E-state index contributed by atoms with van der Waals surface area (Å²) in [4.78, 5) is 26.8. The first kappa shape index (κ1) is 23.4. The fraction of sp³-hybridized carbons (Fsp3) is 0.174. The fourth-order valence-electron chi connectivity index (χ4n) is 3.34. The number of benzene rings is 2. The largest absolute Gasteiger partial charge is 1.00 e. The van der Waals surface area contributed by atoms with E-state index in [1.165, 1.54) is 27.9 Å². The van der Waals surface area contributed by atoms with Crippen molar-refractivity contribution in [3.63, 3.8) is 0 Å². The lowest BCUT2D eigenvalue weighted by Gasteiger charge is -2.15. The number of thiazole rings is 2. The Balaban J connectivity index is 0.00000272. The minimum atomic E-state index is -0.140. The molecule has 0 aliphatic heterocycles. The Bertz CT molecular complexity index is 1400. The number of hydrogen-bond acceptors (Lipinski definition) is 4. The normalized spacial score (nSPS) is 12.2. The predicted octanol–water partition coefficient (Wildman–Crippen LogP) is -0.407. The van der Waals surface area contributed by atoms with Crippen molar-refractivity contribution in [1.82, 2.24) is 4.57 Å². The van der Waals surface area contributed by atoms with E-state index >= 15 is 0 Å². The van der Waals surface area contributed by atoms with Crippen LogP contribution in [0.5, 0.6) is 0 Å². The summed E-state index contributed by atoms with van der Waals surface area (Å²) < 4.78 is 6.49. The van der Waals surface area contributed by atoms with E-state index in [0.717, 1.165) is 20.9 Å². The molecule has 0 unspecified atom stereocenters. The quantitative estimate of drug-likeness (QED) is 0.251. The van der Waals surface area contributed by atoms with Gasteiger partial charge in [0.2, 0.25) is 11.4 Å². The summed E-state index contributed by atoms with van der Waals surface area (Å²) in [7, 11) is 2.03. The Morgan fingerprint density at radius 2 is 1.77 bits per heavy atom. The molecule has 31 heavy (non-hydrogen) atoms. The van der Waals surface area contributed by atoms with Crippen LogP contribution in [0.3, 0.4) is 0 Å². The molecule has 4 aromatic rings. The summed E-state index contributed by atoms with van der Waals surface area (Å²) in [5, 5.41) is 1.07. The molecule has 2 aromatic heterocycles. The van der Waals surface area contributed by atoms with Crippen LogP contribution in [-0.4, -0.2) is 10.5 Å². The van der Waals surface area contributed by atoms with Gasteiger partial charge < -0.3 is 24.0 Å². The Morgan fingerprint density at radius 3 is 2.42 bits per heavy atom. The van der Waals surface area contributed by atoms with E-state index in [0.29, 0.717) is 11.1 Å². The minimum Gasteiger partial charge on any atom is -1.00 e. The number of hydrogen-bond donors (Lipinski definition) is 0. The number of aromatic nitrogens is 2. The topological polar surface area (TPSA) is 46.2 Å². The zero-order valence-corrected chi connectivity index (χ0v) is 21.2. The second kappa shape index (κ2) is 9.88. The molecule has 160 valence electrons. The van der Waals surface area contributed by atoms with Crippen molar-refractivity contribution in [2.75, 3.05) is 4.90 Å². The van der Waals surface area contributed by atoms with Gasteiger partial charge >= 0.3 is 0 Å². The maximum absolute atomic E-state index is 13.0. The van der Waals surface area contributed by atoms with Gasteiger partial charge in [-0.2, -0.15) is 4.57 Å². The van der Waals surface area contributed by atoms with Crippen molar-refractivity contribution in [1.29, 1.82) is 0 Å². The SMILES string of the molecule is CCn1c(=O)/c(=C\N(C(C)=O)c2ccccc2)s/c1=C\c1sc2ccccc2[n+]1C.[I-]. The van der Waals surface area contributed by atoms with E-state index < -0.39 is 0 Å². The average Bonchev–Trinajstić information content (AvgIpc) is 3.23. The predicted molar refractivity (Wildman–Crippen MR) is 124 cm³/mol. The van der Waals surface area contributed by atoms with E-state index in [-0.39, 0.29) is 35.4 Å². The van der Waals surface area contributed by atoms with Crippen LogP contribution >= 0.6 is 22.7 Å². The van der Waals surface area contributed by atoms with Gasteiger partial charge in [-0.15, -0.1) is 11.3 Å². The van der Waals surface area contributed by atoms with Crippen molar-refractivity contribution < 1.29 is 33.3 Å². The van der Waals surface area contributed by atoms with Gasteiger partial charge in [0.1, 0.15) is 20.9 Å². The number of anilines is 1. The maximum atomic E-state index is 13.0. The number of amides is 1. The molecule has 8 heteroatoms. The summed E-state index contributed by atoms with van der Waals surface area (Å²) in [6, 6.07) is 17.6. The van der Waals surface area contributed by atoms with Gasteiger partial charge in [-0.3, -0.25) is 19.1 Å². The third kappa shape index (κ3) is 4.65. The number of fused-ring (bicyclic) bond motifs is 1. The van der Waals surface area contributed by atoms with Gasteiger partial charge in [0.25, 0.3) is 10.6 Å². The second-order valence-electron chi connectivity index (χ2n) is 6.82. The molecule has 0 saturated carbocycles. The Labute approximate surface area is 205 Å². The summed E-state index contributed by atoms with van der Waals surface area (Å²) in [6.07, 6.45) is 3.71. The van der Waals surface area contributed by atoms with E-state index in [1.54, 1.807) is 22.1 Å². The van der Waals surface area contributed by atoms with Crippen molar-refractivity contribution in [2.45, 2.75) is 20.4 Å². The van der Waals surface area contributed by atoms with Gasteiger partial charge in [-0.25, -0.2) is 0 Å². The standard InChI is InChI=1S/C23H22N3O2S2.HI/c1-4-25-22(14-21-24(3)18-12-8-9-13-19(18)29-21)30-20(23(25)28)15-26(16(2)27)17-10-6-5-7-11-17;/h5-15H,4H2,1-3H3;1H/q+1;/p-1/b20-15+;. The van der Waals surface area contributed by atoms with Crippen molar-refractivity contribution in [3.05, 3.63) is 79.2 Å². The van der Waals surface area contributed by atoms with Crippen molar-refractivity contribution in [2.24, 2.45) is 7.05 Å². The first-order valence-corrected chi connectivity index (χ1v) is 11.3. The van der Waals surface area contributed by atoms with Crippen LogP contribution in [0.4, 0.5) is 5.69 Å². The van der Waals surface area contributed by atoms with Gasteiger partial charge in [-0.1, -0.05) is 41.7 Å². The summed E-state index contributed by atoms with van der Waals surface area (Å²) in [5.41, 5.74) is 1.82. The fourth-order valence-corrected chi connectivity index (χ4v) is 5.57. The molecule has 5 nitrogen and oxygen atoms in total. The van der Waals surface area contributed by atoms with E-state index in [9.17, 15) is 9.59 Å². The molecule has 0 bridgehead atoms. The molecular weight excluding hydrogens is 541 g/mol. The molecule has 2 aromatic carbocycles. The van der Waals surface area contributed by atoms with Crippen LogP contribution in [0, 0.1) is 0 Å². The monoisotopic (exact) mass is 563 g/mol. The van der Waals surface area contributed by atoms with Crippen LogP contribution in [-0.2, 0) is 18.4 Å². The third-order valence-corrected chi connectivity index (χ3v) is 7.10. The highest BCUT2D eigenvalue weighted by atomic mass is 127. The Morgan fingerprint density at radius 1 is 1.10 bits per heavy atom. The minimum absolute atomic E-state index is 0. The number of halogens is 1. The van der Waals surface area contributed by atoms with Gasteiger partial charge in [-0.05, 0) is 25.1 Å². The van der Waals surface area contributed by atoms with Crippen molar-refractivity contribution >= 4 is 56.8 Å². The lowest BCUT2D eigenvalue weighted by molar-refractivity contribution is -0.642. The highest BCUT2D eigenvalue weighted by molar-refractivity contribution is 7.19. The van der Waals surface area contributed by atoms with Crippen LogP contribution in [0.15, 0.2) is 59.4 Å². The molecule has 1 amide bonds. The van der Waals surface area contributed by atoms with E-state index in [2.05, 4.69) is 22.8 Å². The second-order valence-corrected chi connectivity index (χ2v) is 8.94. The first-order chi connectivity index (χ1) is 14.5. The third-order valence-electron chi connectivity index (χ3n) is 4.89. The molecule has 2 heterocycles. The number of rotatable bonds is 4. The van der Waals surface area contributed by atoms with Crippen molar-refractivity contribution in [3.8, 4) is 0 Å². The lowest BCUT2D eigenvalue weighted by atomic mass is 10.3. The molecule has 4 rings (SSSR count). The zero-order valence-electron chi connectivity index (χ0n) is 17.4. The zero-order chi connectivity index (χ0) is 21.3. The van der Waals surface area contributed by atoms with Crippen LogP contribution in [0.2, 0.25) is 0 Å². The molecule has 0 fully saturated rings. The number of carbonyl (C=O) groups excluding carboxylic acids is 1. The summed E-state index contributed by atoms with van der Waals surface area (Å²) >= 11 is 3.10. The molecule has 0 aliphatic rings. The molecule has 0 atom stereocenters. The van der Waals surface area contributed by atoms with Gasteiger partial charge in [0.05, 0.1) is 6.08 Å². The summed E-state index contributed by atoms with van der Waals surface area (Å²) in [5.74, 6) is -0.140. The highest BCUT2D eigenvalue weighted by Crippen LogP contribution is 2.19. The van der Waals surface area contributed by atoms with Gasteiger partial charge in [0.15, 0.2) is 0 Å².